The molecule has 0 bridgehead atoms. The Bertz CT molecular complexity index is 1470. The van der Waals surface area contributed by atoms with E-state index in [0.29, 0.717) is 30.2 Å². The first-order chi connectivity index (χ1) is 17.5. The number of hydrogen-bond donors (Lipinski definition) is 1. The molecule has 0 spiro atoms. The van der Waals surface area contributed by atoms with E-state index < -0.39 is 36.3 Å². The number of ether oxygens (including phenoxy) is 2. The third-order valence-corrected chi connectivity index (χ3v) is 10.6. The average molecular weight is 551 g/mol. The highest BCUT2D eigenvalue weighted by molar-refractivity contribution is 7.93. The van der Waals surface area contributed by atoms with Crippen molar-refractivity contribution in [2.75, 3.05) is 24.7 Å². The SMILES string of the molecule is COc1cccc(OC)c1-n1c(NS(=O)(=O)[C@@H](C)[C@H](C)c2ncc(C)cn2)nnc1[C@H]1CCCS1(=O)=O. The van der Waals surface area contributed by atoms with Gasteiger partial charge in [-0.2, -0.15) is 0 Å². The molecule has 0 unspecified atom stereocenters. The molecule has 37 heavy (non-hydrogen) atoms. The predicted molar refractivity (Wildman–Crippen MR) is 137 cm³/mol. The lowest BCUT2D eigenvalue weighted by Gasteiger charge is -2.22. The van der Waals surface area contributed by atoms with E-state index in [1.807, 2.05) is 6.92 Å². The van der Waals surface area contributed by atoms with Gasteiger partial charge >= 0.3 is 0 Å². The molecule has 1 aliphatic heterocycles. The second-order valence-corrected chi connectivity index (χ2v) is 13.3. The molecule has 3 atom stereocenters. The highest BCUT2D eigenvalue weighted by Crippen LogP contribution is 2.41. The van der Waals surface area contributed by atoms with Crippen LogP contribution < -0.4 is 14.2 Å². The highest BCUT2D eigenvalue weighted by atomic mass is 32.2. The molecule has 2 aromatic heterocycles. The van der Waals surface area contributed by atoms with Gasteiger partial charge in [-0.1, -0.05) is 13.0 Å². The van der Waals surface area contributed by atoms with Crippen LogP contribution in [-0.4, -0.2) is 66.8 Å². The lowest BCUT2D eigenvalue weighted by Crippen LogP contribution is -2.31. The van der Waals surface area contributed by atoms with Crippen molar-refractivity contribution < 1.29 is 26.3 Å². The van der Waals surface area contributed by atoms with E-state index in [-0.39, 0.29) is 23.2 Å². The number of rotatable bonds is 9. The number of hydrogen-bond acceptors (Lipinski definition) is 10. The Labute approximate surface area is 216 Å². The number of nitrogens with zero attached hydrogens (tertiary/aromatic N) is 5. The number of para-hydroxylation sites is 1. The van der Waals surface area contributed by atoms with Crippen molar-refractivity contribution in [2.45, 2.75) is 50.0 Å². The molecule has 1 aliphatic rings. The van der Waals surface area contributed by atoms with Crippen LogP contribution in [-0.2, 0) is 19.9 Å². The Morgan fingerprint density at radius 3 is 2.24 bits per heavy atom. The standard InChI is InChI=1S/C23H30N6O6S2/c1-14-12-24-21(25-13-14)15(2)16(3)37(32,33)28-23-27-26-22(19-10-7-11-36(19,30)31)29(23)20-17(34-4)8-6-9-18(20)35-5/h6,8-9,12-13,15-16,19H,7,10-11H2,1-5H3,(H,27,28)/t15-,16-,19+/m0/s1. The molecule has 1 N–H and O–H groups in total. The Morgan fingerprint density at radius 2 is 1.70 bits per heavy atom. The summed E-state index contributed by atoms with van der Waals surface area (Å²) < 4.78 is 67.6. The van der Waals surface area contributed by atoms with Gasteiger partial charge in [0.1, 0.15) is 28.3 Å². The van der Waals surface area contributed by atoms with Crippen LogP contribution in [0.1, 0.15) is 55.1 Å². The van der Waals surface area contributed by atoms with E-state index >= 15 is 0 Å². The molecule has 200 valence electrons. The van der Waals surface area contributed by atoms with Gasteiger partial charge in [0.05, 0.1) is 25.2 Å². The first-order valence-corrected chi connectivity index (χ1v) is 14.9. The number of sulfonamides is 1. The maximum Gasteiger partial charge on any atom is 0.243 e. The summed E-state index contributed by atoms with van der Waals surface area (Å²) in [6, 6.07) is 5.01. The summed E-state index contributed by atoms with van der Waals surface area (Å²) in [5.74, 6) is 0.402. The fraction of sp³-hybridized carbons (Fsp3) is 0.478. The van der Waals surface area contributed by atoms with E-state index in [0.717, 1.165) is 5.56 Å². The zero-order chi connectivity index (χ0) is 27.0. The number of benzene rings is 1. The minimum atomic E-state index is -4.06. The Balaban J connectivity index is 1.82. The van der Waals surface area contributed by atoms with Gasteiger partial charge in [0.2, 0.25) is 16.0 Å². The topological polar surface area (TPSA) is 155 Å². The largest absolute Gasteiger partial charge is 0.494 e. The number of aromatic nitrogens is 5. The summed E-state index contributed by atoms with van der Waals surface area (Å²) in [5.41, 5.74) is 1.15. The van der Waals surface area contributed by atoms with Gasteiger partial charge in [-0.25, -0.2) is 26.8 Å². The van der Waals surface area contributed by atoms with Crippen molar-refractivity contribution >= 4 is 25.8 Å². The molecular weight excluding hydrogens is 520 g/mol. The summed E-state index contributed by atoms with van der Waals surface area (Å²) in [7, 11) is -4.68. The second-order valence-electron chi connectivity index (χ2n) is 8.99. The number of anilines is 1. The molecule has 12 nitrogen and oxygen atoms in total. The molecule has 0 radical (unpaired) electrons. The Hall–Kier alpha value is -3.26. The molecule has 1 aromatic carbocycles. The van der Waals surface area contributed by atoms with Gasteiger partial charge in [0, 0.05) is 18.3 Å². The minimum Gasteiger partial charge on any atom is -0.494 e. The molecule has 4 rings (SSSR count). The van der Waals surface area contributed by atoms with Crippen molar-refractivity contribution in [3.63, 3.8) is 0 Å². The summed E-state index contributed by atoms with van der Waals surface area (Å²) in [5, 5.41) is 6.32. The average Bonchev–Trinajstić information content (AvgIpc) is 3.43. The van der Waals surface area contributed by atoms with Gasteiger partial charge in [-0.15, -0.1) is 10.2 Å². The van der Waals surface area contributed by atoms with Gasteiger partial charge < -0.3 is 9.47 Å². The zero-order valence-electron chi connectivity index (χ0n) is 21.2. The van der Waals surface area contributed by atoms with Crippen LogP contribution in [0, 0.1) is 6.92 Å². The van der Waals surface area contributed by atoms with Crippen molar-refractivity contribution in [1.82, 2.24) is 24.7 Å². The van der Waals surface area contributed by atoms with Crippen LogP contribution in [0.2, 0.25) is 0 Å². The maximum absolute atomic E-state index is 13.5. The van der Waals surface area contributed by atoms with Crippen LogP contribution in [0.4, 0.5) is 5.95 Å². The van der Waals surface area contributed by atoms with Crippen molar-refractivity contribution in [3.05, 3.63) is 47.8 Å². The molecule has 14 heteroatoms. The summed E-state index contributed by atoms with van der Waals surface area (Å²) in [4.78, 5) is 8.53. The zero-order valence-corrected chi connectivity index (χ0v) is 22.9. The van der Waals surface area contributed by atoms with E-state index in [4.69, 9.17) is 9.47 Å². The quantitative estimate of drug-likeness (QED) is 0.420. The first kappa shape index (κ1) is 26.8. The summed E-state index contributed by atoms with van der Waals surface area (Å²) in [6.45, 7) is 5.11. The van der Waals surface area contributed by atoms with E-state index in [1.54, 1.807) is 44.4 Å². The number of sulfone groups is 1. The molecule has 0 saturated carbocycles. The second kappa shape index (κ2) is 10.2. The van der Waals surface area contributed by atoms with Crippen LogP contribution in [0.25, 0.3) is 5.69 Å². The number of methoxy groups -OCH3 is 2. The lowest BCUT2D eigenvalue weighted by atomic mass is 10.1. The minimum absolute atomic E-state index is 0.0136. The monoisotopic (exact) mass is 550 g/mol. The fourth-order valence-electron chi connectivity index (χ4n) is 4.26. The van der Waals surface area contributed by atoms with E-state index in [1.165, 1.54) is 18.8 Å². The van der Waals surface area contributed by atoms with Crippen molar-refractivity contribution in [2.24, 2.45) is 0 Å². The highest BCUT2D eigenvalue weighted by Gasteiger charge is 2.39. The summed E-state index contributed by atoms with van der Waals surface area (Å²) >= 11 is 0. The van der Waals surface area contributed by atoms with E-state index in [2.05, 4.69) is 24.9 Å². The number of nitrogens with one attached hydrogen (secondary N) is 1. The van der Waals surface area contributed by atoms with Crippen molar-refractivity contribution in [1.29, 1.82) is 0 Å². The van der Waals surface area contributed by atoms with Gasteiger partial charge in [0.15, 0.2) is 15.7 Å². The summed E-state index contributed by atoms with van der Waals surface area (Å²) in [6.07, 6.45) is 4.06. The Morgan fingerprint density at radius 1 is 1.08 bits per heavy atom. The van der Waals surface area contributed by atoms with E-state index in [9.17, 15) is 16.8 Å². The molecular formula is C23H30N6O6S2. The van der Waals surface area contributed by atoms with Crippen LogP contribution in [0.3, 0.4) is 0 Å². The molecule has 0 amide bonds. The molecule has 0 aliphatic carbocycles. The lowest BCUT2D eigenvalue weighted by molar-refractivity contribution is 0.390. The molecule has 1 saturated heterocycles. The number of aryl methyl sites for hydroxylation is 1. The molecule has 3 aromatic rings. The smallest absolute Gasteiger partial charge is 0.243 e. The third-order valence-electron chi connectivity index (χ3n) is 6.57. The normalized spacial score (nSPS) is 18.8. The van der Waals surface area contributed by atoms with Gasteiger partial charge in [-0.3, -0.25) is 9.29 Å². The predicted octanol–water partition coefficient (Wildman–Crippen LogP) is 2.57. The fourth-order valence-corrected chi connectivity index (χ4v) is 7.35. The molecule has 3 heterocycles. The van der Waals surface area contributed by atoms with Gasteiger partial charge in [-0.05, 0) is 44.4 Å². The Kier molecular flexibility index (Phi) is 7.42. The van der Waals surface area contributed by atoms with Crippen LogP contribution in [0.15, 0.2) is 30.6 Å². The van der Waals surface area contributed by atoms with Crippen LogP contribution >= 0.6 is 0 Å². The van der Waals surface area contributed by atoms with Crippen molar-refractivity contribution in [3.8, 4) is 17.2 Å². The molecule has 1 fully saturated rings. The maximum atomic E-state index is 13.5. The van der Waals surface area contributed by atoms with Gasteiger partial charge in [0.25, 0.3) is 0 Å². The third kappa shape index (κ3) is 5.12. The first-order valence-electron chi connectivity index (χ1n) is 11.7. The van der Waals surface area contributed by atoms with Crippen LogP contribution in [0.5, 0.6) is 11.5 Å².